The number of hydrogen-bond acceptors (Lipinski definition) is 6. The highest BCUT2D eigenvalue weighted by Gasteiger charge is 2.19. The summed E-state index contributed by atoms with van der Waals surface area (Å²) in [5.41, 5.74) is 0. The molecule has 0 aliphatic carbocycles. The van der Waals surface area contributed by atoms with Gasteiger partial charge in [0.2, 0.25) is 0 Å². The monoisotopic (exact) mass is 751 g/mol. The zero-order valence-electron chi connectivity index (χ0n) is 34.7. The zero-order chi connectivity index (χ0) is 39.4. The molecule has 306 valence electrons. The number of hydrogen-bond donors (Lipinski definition) is 0. The van der Waals surface area contributed by atoms with Crippen LogP contribution in [0.5, 0.6) is 0 Å². The van der Waals surface area contributed by atoms with Gasteiger partial charge >= 0.3 is 17.9 Å². The molecule has 0 saturated heterocycles. The number of ether oxygens (including phenoxy) is 3. The lowest BCUT2D eigenvalue weighted by Crippen LogP contribution is -2.30. The SMILES string of the molecule is CC/C=C\C/C=C\C/C=C\C/C=C\CCCCCC(=O)OCC(COC(=O)C/C=C\C/C=C\C/C=C\CC)OC(=O)CCCCCCCCCCCCC. The predicted molar refractivity (Wildman–Crippen MR) is 228 cm³/mol. The fraction of sp³-hybridized carbons (Fsp3) is 0.646. The van der Waals surface area contributed by atoms with Crippen molar-refractivity contribution in [2.45, 2.75) is 187 Å². The van der Waals surface area contributed by atoms with Crippen molar-refractivity contribution >= 4 is 17.9 Å². The summed E-state index contributed by atoms with van der Waals surface area (Å²) >= 11 is 0. The fourth-order valence-electron chi connectivity index (χ4n) is 5.49. The van der Waals surface area contributed by atoms with Gasteiger partial charge in [0.1, 0.15) is 13.2 Å². The average molecular weight is 751 g/mol. The quantitative estimate of drug-likeness (QED) is 0.0272. The highest BCUT2D eigenvalue weighted by atomic mass is 16.6. The lowest BCUT2D eigenvalue weighted by Gasteiger charge is -2.18. The van der Waals surface area contributed by atoms with E-state index in [4.69, 9.17) is 14.2 Å². The fourth-order valence-corrected chi connectivity index (χ4v) is 5.49. The first-order valence-corrected chi connectivity index (χ1v) is 21.6. The second-order valence-corrected chi connectivity index (χ2v) is 13.9. The molecule has 54 heavy (non-hydrogen) atoms. The summed E-state index contributed by atoms with van der Waals surface area (Å²) < 4.78 is 16.5. The van der Waals surface area contributed by atoms with Gasteiger partial charge in [-0.15, -0.1) is 0 Å². The predicted octanol–water partition coefficient (Wildman–Crippen LogP) is 13.7. The Bertz CT molecular complexity index is 1090. The smallest absolute Gasteiger partial charge is 0.309 e. The Morgan fingerprint density at radius 1 is 0.407 bits per heavy atom. The molecule has 0 aromatic carbocycles. The van der Waals surface area contributed by atoms with Crippen LogP contribution in [0.2, 0.25) is 0 Å². The summed E-state index contributed by atoms with van der Waals surface area (Å²) in [4.78, 5) is 37.5. The highest BCUT2D eigenvalue weighted by Crippen LogP contribution is 2.13. The van der Waals surface area contributed by atoms with Gasteiger partial charge in [-0.25, -0.2) is 0 Å². The number of unbranched alkanes of at least 4 members (excludes halogenated alkanes) is 13. The maximum absolute atomic E-state index is 12.7. The van der Waals surface area contributed by atoms with E-state index in [1.54, 1.807) is 6.08 Å². The number of esters is 3. The molecule has 0 amide bonds. The third-order valence-corrected chi connectivity index (χ3v) is 8.68. The Balaban J connectivity index is 4.49. The van der Waals surface area contributed by atoms with Crippen molar-refractivity contribution in [3.8, 4) is 0 Å². The number of carbonyl (C=O) groups is 3. The maximum atomic E-state index is 12.7. The van der Waals surface area contributed by atoms with Crippen LogP contribution in [0, 0.1) is 0 Å². The van der Waals surface area contributed by atoms with Gasteiger partial charge in [-0.05, 0) is 70.6 Å². The van der Waals surface area contributed by atoms with Crippen LogP contribution >= 0.6 is 0 Å². The molecule has 0 rings (SSSR count). The summed E-state index contributed by atoms with van der Waals surface area (Å²) in [5.74, 6) is -1.09. The van der Waals surface area contributed by atoms with Crippen molar-refractivity contribution < 1.29 is 28.6 Å². The minimum absolute atomic E-state index is 0.120. The van der Waals surface area contributed by atoms with Gasteiger partial charge in [0, 0.05) is 12.8 Å². The molecule has 6 nitrogen and oxygen atoms in total. The van der Waals surface area contributed by atoms with Crippen LogP contribution in [0.15, 0.2) is 85.1 Å². The maximum Gasteiger partial charge on any atom is 0.309 e. The van der Waals surface area contributed by atoms with E-state index in [9.17, 15) is 14.4 Å². The second-order valence-electron chi connectivity index (χ2n) is 13.9. The van der Waals surface area contributed by atoms with Crippen LogP contribution in [-0.2, 0) is 28.6 Å². The van der Waals surface area contributed by atoms with Crippen LogP contribution in [0.3, 0.4) is 0 Å². The molecule has 0 aromatic rings. The van der Waals surface area contributed by atoms with Gasteiger partial charge < -0.3 is 14.2 Å². The molecule has 0 aliphatic heterocycles. The van der Waals surface area contributed by atoms with Crippen molar-refractivity contribution in [3.05, 3.63) is 85.1 Å². The van der Waals surface area contributed by atoms with Gasteiger partial charge in [0.05, 0.1) is 6.42 Å². The van der Waals surface area contributed by atoms with Crippen molar-refractivity contribution in [1.29, 1.82) is 0 Å². The van der Waals surface area contributed by atoms with E-state index in [2.05, 4.69) is 93.7 Å². The van der Waals surface area contributed by atoms with Crippen LogP contribution in [0.4, 0.5) is 0 Å². The molecular formula is C48H78O6. The Kier molecular flexibility index (Phi) is 39.7. The van der Waals surface area contributed by atoms with Gasteiger partial charge in [-0.2, -0.15) is 0 Å². The normalized spacial score (nSPS) is 12.9. The Morgan fingerprint density at radius 2 is 0.796 bits per heavy atom. The molecule has 0 radical (unpaired) electrons. The minimum atomic E-state index is -0.820. The van der Waals surface area contributed by atoms with Crippen molar-refractivity contribution in [2.24, 2.45) is 0 Å². The molecular weight excluding hydrogens is 673 g/mol. The molecule has 0 heterocycles. The Morgan fingerprint density at radius 3 is 1.30 bits per heavy atom. The molecule has 0 aliphatic rings. The summed E-state index contributed by atoms with van der Waals surface area (Å²) in [6.45, 7) is 6.24. The molecule has 0 aromatic heterocycles. The summed E-state index contributed by atoms with van der Waals surface area (Å²) in [6, 6.07) is 0. The molecule has 0 saturated carbocycles. The molecule has 0 bridgehead atoms. The number of carbonyl (C=O) groups excluding carboxylic acids is 3. The third-order valence-electron chi connectivity index (χ3n) is 8.68. The molecule has 1 unspecified atom stereocenters. The lowest BCUT2D eigenvalue weighted by molar-refractivity contribution is -0.166. The van der Waals surface area contributed by atoms with Gasteiger partial charge in [-0.1, -0.05) is 176 Å². The highest BCUT2D eigenvalue weighted by molar-refractivity contribution is 5.72. The van der Waals surface area contributed by atoms with Crippen molar-refractivity contribution in [1.82, 2.24) is 0 Å². The summed E-state index contributed by atoms with van der Waals surface area (Å²) in [5, 5.41) is 0. The second kappa shape index (κ2) is 42.3. The van der Waals surface area contributed by atoms with E-state index >= 15 is 0 Å². The van der Waals surface area contributed by atoms with Crippen LogP contribution in [-0.4, -0.2) is 37.2 Å². The van der Waals surface area contributed by atoms with Gasteiger partial charge in [0.25, 0.3) is 0 Å². The van der Waals surface area contributed by atoms with E-state index in [1.807, 2.05) is 6.08 Å². The zero-order valence-corrected chi connectivity index (χ0v) is 34.7. The molecule has 6 heteroatoms. The lowest BCUT2D eigenvalue weighted by atomic mass is 10.1. The van der Waals surface area contributed by atoms with Crippen LogP contribution in [0.25, 0.3) is 0 Å². The van der Waals surface area contributed by atoms with E-state index in [0.717, 1.165) is 89.9 Å². The first kappa shape index (κ1) is 50.6. The largest absolute Gasteiger partial charge is 0.462 e. The molecule has 0 fully saturated rings. The summed E-state index contributed by atoms with van der Waals surface area (Å²) in [6.07, 6.45) is 53.1. The van der Waals surface area contributed by atoms with Crippen molar-refractivity contribution in [2.75, 3.05) is 13.2 Å². The third kappa shape index (κ3) is 39.8. The van der Waals surface area contributed by atoms with E-state index in [1.165, 1.54) is 51.4 Å². The Labute approximate surface area is 331 Å². The standard InChI is InChI=1S/C48H78O6/c1-4-7-10-13-16-19-21-22-23-24-25-27-29-32-35-38-41-47(50)53-44-45(43-52-46(49)40-37-34-31-28-18-15-12-9-6-3)54-48(51)42-39-36-33-30-26-20-17-14-11-8-5-2/h7,9-10,12,16,18-19,22-23,25,27-28,34,37,45H,4-6,8,11,13-15,17,20-21,24,26,29-33,35-36,38-44H2,1-3H3/b10-7-,12-9-,19-16-,23-22-,27-25-,28-18-,37-34-. The van der Waals surface area contributed by atoms with Crippen molar-refractivity contribution in [3.63, 3.8) is 0 Å². The van der Waals surface area contributed by atoms with E-state index < -0.39 is 12.1 Å². The van der Waals surface area contributed by atoms with Crippen LogP contribution in [0.1, 0.15) is 181 Å². The Hall–Kier alpha value is -3.41. The molecule has 1 atom stereocenters. The van der Waals surface area contributed by atoms with E-state index in [0.29, 0.717) is 12.8 Å². The molecule has 0 N–H and O–H groups in total. The number of rotatable bonds is 37. The first-order valence-electron chi connectivity index (χ1n) is 21.6. The number of allylic oxidation sites excluding steroid dienone is 13. The van der Waals surface area contributed by atoms with E-state index in [-0.39, 0.29) is 31.6 Å². The average Bonchev–Trinajstić information content (AvgIpc) is 3.17. The molecule has 0 spiro atoms. The van der Waals surface area contributed by atoms with Gasteiger partial charge in [0.15, 0.2) is 6.10 Å². The topological polar surface area (TPSA) is 78.9 Å². The van der Waals surface area contributed by atoms with Gasteiger partial charge in [-0.3, -0.25) is 14.4 Å². The van der Waals surface area contributed by atoms with Crippen LogP contribution < -0.4 is 0 Å². The minimum Gasteiger partial charge on any atom is -0.462 e. The first-order chi connectivity index (χ1) is 26.5. The summed E-state index contributed by atoms with van der Waals surface area (Å²) in [7, 11) is 0.